The van der Waals surface area contributed by atoms with Crippen molar-refractivity contribution in [1.82, 2.24) is 14.9 Å². The number of benzene rings is 1. The quantitative estimate of drug-likeness (QED) is 0.554. The Morgan fingerprint density at radius 3 is 2.82 bits per heavy atom. The fourth-order valence-corrected chi connectivity index (χ4v) is 5.59. The first kappa shape index (κ1) is 23.2. The Bertz CT molecular complexity index is 1100. The van der Waals surface area contributed by atoms with Crippen molar-refractivity contribution in [3.63, 3.8) is 0 Å². The minimum Gasteiger partial charge on any atom is -0.489 e. The first-order chi connectivity index (χ1) is 16.3. The summed E-state index contributed by atoms with van der Waals surface area (Å²) >= 11 is 6.40. The molecule has 5 rings (SSSR count). The standard InChI is InChI=1S/C25H31ClN6O2/c1-25(2)7-5-18-9-17(6-8-32(18)25)29-23-15(13-27)14-28-24(31-23)30-16-3-4-22(21(26)10-16)34-20-11-19(33)12-20/h3-4,10,14,17-20,33H,5-9,11-12H2,1-2H3,(H2,28,29,30,31)/t17-,18-,19?,20?/m0/s1. The highest BCUT2D eigenvalue weighted by Crippen LogP contribution is 2.39. The number of aliphatic hydroxyl groups excluding tert-OH is 1. The number of nitrogens with one attached hydrogen (secondary N) is 2. The molecule has 0 amide bonds. The second-order valence-corrected chi connectivity index (χ2v) is 10.7. The van der Waals surface area contributed by atoms with Crippen LogP contribution in [0.4, 0.5) is 17.5 Å². The van der Waals surface area contributed by atoms with E-state index in [4.69, 9.17) is 16.3 Å². The number of nitrogens with zero attached hydrogens (tertiary/aromatic N) is 4. The van der Waals surface area contributed by atoms with Gasteiger partial charge in [0.1, 0.15) is 29.3 Å². The Morgan fingerprint density at radius 2 is 2.09 bits per heavy atom. The number of halogens is 1. The van der Waals surface area contributed by atoms with Crippen molar-refractivity contribution in [1.29, 1.82) is 5.26 Å². The molecule has 2 aliphatic heterocycles. The Labute approximate surface area is 205 Å². The van der Waals surface area contributed by atoms with E-state index in [9.17, 15) is 10.4 Å². The van der Waals surface area contributed by atoms with E-state index in [1.54, 1.807) is 18.3 Å². The lowest BCUT2D eigenvalue weighted by molar-refractivity contribution is -0.0107. The molecule has 1 saturated carbocycles. The van der Waals surface area contributed by atoms with Gasteiger partial charge in [-0.05, 0) is 57.7 Å². The molecule has 2 atom stereocenters. The minimum atomic E-state index is -0.279. The Morgan fingerprint density at radius 1 is 1.26 bits per heavy atom. The molecule has 0 spiro atoms. The van der Waals surface area contributed by atoms with E-state index in [0.29, 0.717) is 47.0 Å². The van der Waals surface area contributed by atoms with E-state index in [0.717, 1.165) is 25.1 Å². The summed E-state index contributed by atoms with van der Waals surface area (Å²) in [5, 5.41) is 26.2. The fraction of sp³-hybridized carbons (Fsp3) is 0.560. The van der Waals surface area contributed by atoms with Crippen molar-refractivity contribution < 1.29 is 9.84 Å². The monoisotopic (exact) mass is 482 g/mol. The molecule has 8 nitrogen and oxygen atoms in total. The van der Waals surface area contributed by atoms with Gasteiger partial charge in [0, 0.05) is 42.7 Å². The van der Waals surface area contributed by atoms with Crippen molar-refractivity contribution in [2.45, 2.75) is 82.2 Å². The van der Waals surface area contributed by atoms with Crippen LogP contribution in [0.25, 0.3) is 0 Å². The minimum absolute atomic E-state index is 0.00368. The molecular weight excluding hydrogens is 452 g/mol. The average Bonchev–Trinajstić information content (AvgIpc) is 3.08. The van der Waals surface area contributed by atoms with Gasteiger partial charge in [-0.1, -0.05) is 11.6 Å². The second kappa shape index (κ2) is 9.21. The van der Waals surface area contributed by atoms with Crippen molar-refractivity contribution in [2.75, 3.05) is 17.2 Å². The Kier molecular flexibility index (Phi) is 6.28. The maximum Gasteiger partial charge on any atom is 0.229 e. The highest BCUT2D eigenvalue weighted by Gasteiger charge is 2.42. The van der Waals surface area contributed by atoms with Gasteiger partial charge < -0.3 is 20.5 Å². The molecule has 3 N–H and O–H groups in total. The lowest BCUT2D eigenvalue weighted by atomic mass is 9.92. The number of piperidine rings is 1. The van der Waals surface area contributed by atoms with Gasteiger partial charge in [0.05, 0.1) is 17.3 Å². The number of hydrogen-bond acceptors (Lipinski definition) is 8. The summed E-state index contributed by atoms with van der Waals surface area (Å²) in [5.41, 5.74) is 1.44. The van der Waals surface area contributed by atoms with Crippen LogP contribution in [0.5, 0.6) is 5.75 Å². The van der Waals surface area contributed by atoms with Crippen LogP contribution < -0.4 is 15.4 Å². The maximum atomic E-state index is 9.58. The van der Waals surface area contributed by atoms with Gasteiger partial charge in [-0.3, -0.25) is 4.90 Å². The molecule has 0 bridgehead atoms. The van der Waals surface area contributed by atoms with E-state index < -0.39 is 0 Å². The van der Waals surface area contributed by atoms with E-state index in [2.05, 4.69) is 45.4 Å². The van der Waals surface area contributed by atoms with E-state index in [1.807, 2.05) is 6.07 Å². The van der Waals surface area contributed by atoms with Crippen molar-refractivity contribution in [3.05, 3.63) is 35.0 Å². The zero-order valence-corrected chi connectivity index (χ0v) is 20.3. The molecule has 2 aromatic rings. The maximum absolute atomic E-state index is 9.58. The van der Waals surface area contributed by atoms with E-state index in [-0.39, 0.29) is 23.8 Å². The molecule has 1 aromatic carbocycles. The van der Waals surface area contributed by atoms with Crippen LogP contribution in [0.2, 0.25) is 5.02 Å². The lowest BCUT2D eigenvalue weighted by Crippen LogP contribution is -2.50. The predicted octanol–water partition coefficient (Wildman–Crippen LogP) is 4.46. The molecule has 3 aliphatic rings. The van der Waals surface area contributed by atoms with Crippen molar-refractivity contribution in [2.24, 2.45) is 0 Å². The lowest BCUT2D eigenvalue weighted by Gasteiger charge is -2.42. The molecular formula is C25H31ClN6O2. The van der Waals surface area contributed by atoms with Crippen LogP contribution in [-0.4, -0.2) is 56.3 Å². The van der Waals surface area contributed by atoms with Gasteiger partial charge in [-0.25, -0.2) is 4.98 Å². The van der Waals surface area contributed by atoms with Gasteiger partial charge in [0.25, 0.3) is 0 Å². The summed E-state index contributed by atoms with van der Waals surface area (Å²) in [4.78, 5) is 11.5. The van der Waals surface area contributed by atoms with Crippen LogP contribution in [0.15, 0.2) is 24.4 Å². The summed E-state index contributed by atoms with van der Waals surface area (Å²) in [7, 11) is 0. The Balaban J connectivity index is 1.25. The number of rotatable bonds is 6. The molecule has 9 heteroatoms. The second-order valence-electron chi connectivity index (χ2n) is 10.3. The third-order valence-electron chi connectivity index (χ3n) is 7.38. The van der Waals surface area contributed by atoms with E-state index in [1.165, 1.54) is 12.8 Å². The number of aliphatic hydroxyl groups is 1. The largest absolute Gasteiger partial charge is 0.489 e. The first-order valence-corrected chi connectivity index (χ1v) is 12.4. The van der Waals surface area contributed by atoms with Crippen LogP contribution in [0, 0.1) is 11.3 Å². The fourth-order valence-electron chi connectivity index (χ4n) is 5.36. The zero-order chi connectivity index (χ0) is 23.9. The van der Waals surface area contributed by atoms with Gasteiger partial charge >= 0.3 is 0 Å². The molecule has 34 heavy (non-hydrogen) atoms. The highest BCUT2D eigenvalue weighted by atomic mass is 35.5. The number of anilines is 3. The number of hydrogen-bond donors (Lipinski definition) is 3. The number of ether oxygens (including phenoxy) is 1. The molecule has 0 radical (unpaired) electrons. The van der Waals surface area contributed by atoms with E-state index >= 15 is 0 Å². The van der Waals surface area contributed by atoms with Crippen LogP contribution in [0.3, 0.4) is 0 Å². The summed E-state index contributed by atoms with van der Waals surface area (Å²) in [6, 6.07) is 8.48. The van der Waals surface area contributed by atoms with Gasteiger partial charge in [-0.15, -0.1) is 0 Å². The Hall–Kier alpha value is -2.60. The van der Waals surface area contributed by atoms with Crippen LogP contribution in [-0.2, 0) is 0 Å². The number of fused-ring (bicyclic) bond motifs is 1. The molecule has 1 aliphatic carbocycles. The summed E-state index contributed by atoms with van der Waals surface area (Å²) < 4.78 is 5.83. The van der Waals surface area contributed by atoms with Crippen LogP contribution in [0.1, 0.15) is 57.9 Å². The SMILES string of the molecule is CC1(C)CC[C@H]2C[C@@H](Nc3nc(Nc4ccc(OC5CC(O)C5)c(Cl)c4)ncc3C#N)CCN21. The molecule has 1 aromatic heterocycles. The summed E-state index contributed by atoms with van der Waals surface area (Å²) in [6.45, 7) is 5.72. The van der Waals surface area contributed by atoms with Gasteiger partial charge in [0.2, 0.25) is 5.95 Å². The van der Waals surface area contributed by atoms with Crippen molar-refractivity contribution >= 4 is 29.1 Å². The topological polar surface area (TPSA) is 106 Å². The van der Waals surface area contributed by atoms with Crippen LogP contribution >= 0.6 is 11.6 Å². The molecule has 0 unspecified atom stereocenters. The van der Waals surface area contributed by atoms with Crippen molar-refractivity contribution in [3.8, 4) is 11.8 Å². The third-order valence-corrected chi connectivity index (χ3v) is 7.68. The summed E-state index contributed by atoms with van der Waals surface area (Å²) in [5.74, 6) is 1.55. The third kappa shape index (κ3) is 4.78. The smallest absolute Gasteiger partial charge is 0.229 e. The molecule has 3 fully saturated rings. The molecule has 180 valence electrons. The van der Waals surface area contributed by atoms with Gasteiger partial charge in [-0.2, -0.15) is 10.2 Å². The highest BCUT2D eigenvalue weighted by molar-refractivity contribution is 6.32. The predicted molar refractivity (Wildman–Crippen MR) is 132 cm³/mol. The molecule has 3 heterocycles. The number of nitriles is 1. The first-order valence-electron chi connectivity index (χ1n) is 12.0. The molecule has 2 saturated heterocycles. The average molecular weight is 483 g/mol. The normalized spacial score (nSPS) is 27.9. The summed E-state index contributed by atoms with van der Waals surface area (Å²) in [6.07, 6.45) is 7.04. The van der Waals surface area contributed by atoms with Gasteiger partial charge in [0.15, 0.2) is 0 Å². The zero-order valence-electron chi connectivity index (χ0n) is 19.6. The number of aromatic nitrogens is 2.